The van der Waals surface area contributed by atoms with Crippen molar-refractivity contribution < 1.29 is 31.9 Å². The number of carbonyl (C=O) groups is 2. The summed E-state index contributed by atoms with van der Waals surface area (Å²) in [6, 6.07) is 4.98. The van der Waals surface area contributed by atoms with E-state index in [1.54, 1.807) is 0 Å². The normalized spacial score (nSPS) is 10.7. The summed E-state index contributed by atoms with van der Waals surface area (Å²) in [5.41, 5.74) is 3.85. The van der Waals surface area contributed by atoms with Crippen LogP contribution < -0.4 is 21.1 Å². The first-order valence-electron chi connectivity index (χ1n) is 8.59. The number of hydrogen-bond acceptors (Lipinski definition) is 4. The minimum atomic E-state index is -4.82. The minimum Gasteiger partial charge on any atom is -0.483 e. The van der Waals surface area contributed by atoms with Gasteiger partial charge < -0.3 is 21.1 Å². The number of nitrogen functional groups attached to an aromatic ring is 1. The fourth-order valence-corrected chi connectivity index (χ4v) is 2.63. The third-order valence-electron chi connectivity index (χ3n) is 4.06. The van der Waals surface area contributed by atoms with Gasteiger partial charge in [0.25, 0.3) is 11.8 Å². The molecule has 0 saturated carbocycles. The number of hydrogen-bond donors (Lipinski definition) is 4. The summed E-state index contributed by atoms with van der Waals surface area (Å²) in [5.74, 6) is -3.07. The van der Waals surface area contributed by atoms with Crippen molar-refractivity contribution in [1.82, 2.24) is 10.6 Å². The molecule has 0 aliphatic rings. The van der Waals surface area contributed by atoms with Crippen molar-refractivity contribution in [3.8, 4) is 5.75 Å². The Morgan fingerprint density at radius 2 is 1.88 bits per heavy atom. The summed E-state index contributed by atoms with van der Waals surface area (Å²) in [6.45, 7) is -0.663. The minimum absolute atomic E-state index is 0. The Hall–Kier alpha value is -3.05. The molecule has 0 aliphatic carbocycles. The molecule has 0 aliphatic heterocycles. The van der Waals surface area contributed by atoms with Gasteiger partial charge in [-0.05, 0) is 18.2 Å². The Labute approximate surface area is 191 Å². The number of halogens is 6. The molecule has 7 nitrogen and oxygen atoms in total. The summed E-state index contributed by atoms with van der Waals surface area (Å²) in [6.07, 6.45) is -4.82. The highest BCUT2D eigenvalue weighted by Gasteiger charge is 2.33. The van der Waals surface area contributed by atoms with Gasteiger partial charge in [0.15, 0.2) is 12.4 Å². The number of ether oxygens (including phenoxy) is 1. The molecular weight excluding hydrogens is 479 g/mol. The maximum absolute atomic E-state index is 14.1. The molecule has 0 atom stereocenters. The first-order valence-corrected chi connectivity index (χ1v) is 8.97. The van der Waals surface area contributed by atoms with Gasteiger partial charge in [-0.15, -0.1) is 12.4 Å². The highest BCUT2D eigenvalue weighted by atomic mass is 35.5. The van der Waals surface area contributed by atoms with Crippen LogP contribution >= 0.6 is 24.0 Å². The molecule has 0 heterocycles. The van der Waals surface area contributed by atoms with Crippen LogP contribution in [0, 0.1) is 11.2 Å². The van der Waals surface area contributed by atoms with E-state index >= 15 is 0 Å². The van der Waals surface area contributed by atoms with Crippen molar-refractivity contribution in [1.29, 1.82) is 5.41 Å². The molecule has 2 aromatic rings. The number of amidine groups is 1. The third kappa shape index (κ3) is 6.72. The number of benzene rings is 2. The van der Waals surface area contributed by atoms with Gasteiger partial charge in [-0.25, -0.2) is 4.39 Å². The molecule has 0 fully saturated rings. The molecule has 0 saturated heterocycles. The average Bonchev–Trinajstić information content (AvgIpc) is 2.71. The van der Waals surface area contributed by atoms with E-state index in [1.165, 1.54) is 25.2 Å². The fraction of sp³-hybridized carbons (Fsp3) is 0.211. The number of carbonyl (C=O) groups excluding carboxylic acids is 2. The van der Waals surface area contributed by atoms with E-state index in [-0.39, 0.29) is 42.7 Å². The second-order valence-corrected chi connectivity index (χ2v) is 6.61. The zero-order valence-corrected chi connectivity index (χ0v) is 18.0. The lowest BCUT2D eigenvalue weighted by atomic mass is 10.1. The van der Waals surface area contributed by atoms with E-state index in [1.807, 2.05) is 0 Å². The summed E-state index contributed by atoms with van der Waals surface area (Å²) < 4.78 is 58.3. The molecule has 13 heteroatoms. The Bertz CT molecular complexity index is 1030. The molecule has 0 spiro atoms. The summed E-state index contributed by atoms with van der Waals surface area (Å²) >= 11 is 5.50. The van der Waals surface area contributed by atoms with Crippen LogP contribution in [0.4, 0.5) is 17.6 Å². The van der Waals surface area contributed by atoms with Gasteiger partial charge in [0, 0.05) is 24.7 Å². The smallest absolute Gasteiger partial charge is 0.416 e. The van der Waals surface area contributed by atoms with Crippen LogP contribution in [0.1, 0.15) is 27.0 Å². The van der Waals surface area contributed by atoms with Gasteiger partial charge in [-0.2, -0.15) is 13.2 Å². The largest absolute Gasteiger partial charge is 0.483 e. The van der Waals surface area contributed by atoms with E-state index in [4.69, 9.17) is 27.5 Å². The highest BCUT2D eigenvalue weighted by molar-refractivity contribution is 6.31. The van der Waals surface area contributed by atoms with Gasteiger partial charge in [0.2, 0.25) is 0 Å². The maximum Gasteiger partial charge on any atom is 0.416 e. The predicted molar refractivity (Wildman–Crippen MR) is 112 cm³/mol. The van der Waals surface area contributed by atoms with Gasteiger partial charge in [-0.1, -0.05) is 23.7 Å². The number of likely N-dealkylation sites (N-methyl/N-ethyl adjacent to an activating group) is 1. The van der Waals surface area contributed by atoms with Crippen molar-refractivity contribution in [2.75, 3.05) is 13.7 Å². The third-order valence-corrected chi connectivity index (χ3v) is 4.33. The Morgan fingerprint density at radius 1 is 1.22 bits per heavy atom. The lowest BCUT2D eigenvalue weighted by Gasteiger charge is -2.14. The van der Waals surface area contributed by atoms with Crippen LogP contribution in [0.25, 0.3) is 0 Å². The zero-order valence-electron chi connectivity index (χ0n) is 16.4. The zero-order chi connectivity index (χ0) is 23.3. The highest BCUT2D eigenvalue weighted by Crippen LogP contribution is 2.33. The average molecular weight is 497 g/mol. The summed E-state index contributed by atoms with van der Waals surface area (Å²) in [5, 5.41) is 11.3. The number of rotatable bonds is 7. The lowest BCUT2D eigenvalue weighted by Crippen LogP contribution is -2.27. The second-order valence-electron chi connectivity index (χ2n) is 6.20. The lowest BCUT2D eigenvalue weighted by molar-refractivity contribution is -0.137. The molecule has 2 aromatic carbocycles. The van der Waals surface area contributed by atoms with E-state index in [0.717, 1.165) is 0 Å². The molecule has 2 rings (SSSR count). The Balaban J connectivity index is 0.00000512. The van der Waals surface area contributed by atoms with E-state index in [0.29, 0.717) is 17.7 Å². The molecule has 5 N–H and O–H groups in total. The van der Waals surface area contributed by atoms with Crippen molar-refractivity contribution in [2.45, 2.75) is 12.7 Å². The van der Waals surface area contributed by atoms with Gasteiger partial charge in [-0.3, -0.25) is 15.0 Å². The first kappa shape index (κ1) is 27.0. The van der Waals surface area contributed by atoms with E-state index in [2.05, 4.69) is 10.6 Å². The molecule has 174 valence electrons. The fourth-order valence-electron chi connectivity index (χ4n) is 2.41. The molecule has 0 radical (unpaired) electrons. The van der Waals surface area contributed by atoms with Crippen molar-refractivity contribution >= 4 is 41.7 Å². The van der Waals surface area contributed by atoms with Crippen LogP contribution in [0.2, 0.25) is 5.02 Å². The second kappa shape index (κ2) is 11.0. The maximum atomic E-state index is 14.1. The first-order chi connectivity index (χ1) is 14.4. The number of nitrogens with one attached hydrogen (secondary N) is 3. The van der Waals surface area contributed by atoms with Gasteiger partial charge >= 0.3 is 6.18 Å². The van der Waals surface area contributed by atoms with Gasteiger partial charge in [0.05, 0.1) is 16.1 Å². The van der Waals surface area contributed by atoms with Crippen molar-refractivity contribution in [3.05, 3.63) is 63.4 Å². The molecular formula is C19H18Cl2F4N4O3. The standard InChI is InChI=1S/C19H17ClF4N4O3.ClH/c1-27-15(29)8-31-14-4-9(17(25)26)2-3-10(14)7-28-18(30)12-5-11(19(22,23)24)6-13(20)16(12)21;/h2-6H,7-8H2,1H3,(H3,25,26)(H,27,29)(H,28,30);1H. The van der Waals surface area contributed by atoms with Crippen molar-refractivity contribution in [3.63, 3.8) is 0 Å². The molecule has 0 unspecified atom stereocenters. The van der Waals surface area contributed by atoms with Crippen LogP contribution in [0.5, 0.6) is 5.75 Å². The van der Waals surface area contributed by atoms with Crippen molar-refractivity contribution in [2.24, 2.45) is 5.73 Å². The summed E-state index contributed by atoms with van der Waals surface area (Å²) in [7, 11) is 1.40. The van der Waals surface area contributed by atoms with Gasteiger partial charge in [0.1, 0.15) is 11.6 Å². The number of nitrogens with two attached hydrogens (primary N) is 1. The molecule has 0 aromatic heterocycles. The Morgan fingerprint density at radius 3 is 2.44 bits per heavy atom. The van der Waals surface area contributed by atoms with Crippen LogP contribution in [0.3, 0.4) is 0 Å². The molecule has 32 heavy (non-hydrogen) atoms. The monoisotopic (exact) mass is 496 g/mol. The Kier molecular flexibility index (Phi) is 9.28. The van der Waals surface area contributed by atoms with E-state index in [9.17, 15) is 27.2 Å². The number of alkyl halides is 3. The van der Waals surface area contributed by atoms with Crippen LogP contribution in [0.15, 0.2) is 30.3 Å². The molecule has 0 bridgehead atoms. The predicted octanol–water partition coefficient (Wildman–Crippen LogP) is 3.26. The molecule has 2 amide bonds. The number of amides is 2. The SMILES string of the molecule is CNC(=O)COc1cc(C(=N)N)ccc1CNC(=O)c1cc(C(F)(F)F)cc(Cl)c1F.Cl. The van der Waals surface area contributed by atoms with Crippen LogP contribution in [-0.4, -0.2) is 31.3 Å². The quantitative estimate of drug-likeness (QED) is 0.267. The van der Waals surface area contributed by atoms with Crippen LogP contribution in [-0.2, 0) is 17.5 Å². The summed E-state index contributed by atoms with van der Waals surface area (Å²) in [4.78, 5) is 23.8. The van der Waals surface area contributed by atoms with E-state index < -0.39 is 40.0 Å². The topological polar surface area (TPSA) is 117 Å².